The predicted octanol–water partition coefficient (Wildman–Crippen LogP) is 4.05. The second kappa shape index (κ2) is 5.24. The van der Waals surface area contributed by atoms with Crippen molar-refractivity contribution in [2.75, 3.05) is 17.2 Å². The number of rotatable bonds is 4. The van der Waals surface area contributed by atoms with Gasteiger partial charge in [-0.25, -0.2) is 4.39 Å². The second-order valence-electron chi connectivity index (χ2n) is 7.07. The number of anilines is 2. The van der Waals surface area contributed by atoms with Gasteiger partial charge in [-0.3, -0.25) is 0 Å². The molecule has 1 aliphatic heterocycles. The van der Waals surface area contributed by atoms with Crippen molar-refractivity contribution in [3.05, 3.63) is 47.9 Å². The van der Waals surface area contributed by atoms with E-state index >= 15 is 0 Å². The van der Waals surface area contributed by atoms with Gasteiger partial charge in [0.15, 0.2) is 0 Å². The Hall–Kier alpha value is -2.53. The molecule has 0 atom stereocenters. The van der Waals surface area contributed by atoms with Crippen LogP contribution in [0, 0.1) is 5.82 Å². The molecule has 0 saturated carbocycles. The summed E-state index contributed by atoms with van der Waals surface area (Å²) in [7, 11) is 0. The van der Waals surface area contributed by atoms with Crippen LogP contribution in [-0.2, 0) is 6.54 Å². The van der Waals surface area contributed by atoms with E-state index in [0.717, 1.165) is 33.6 Å². The topological polar surface area (TPSA) is 65.9 Å². The van der Waals surface area contributed by atoms with Crippen LogP contribution in [0.5, 0.6) is 0 Å². The van der Waals surface area contributed by atoms with Crippen LogP contribution in [0.2, 0.25) is 0 Å². The van der Waals surface area contributed by atoms with Crippen LogP contribution >= 0.6 is 0 Å². The Balaban J connectivity index is 1.97. The zero-order valence-electron chi connectivity index (χ0n) is 13.8. The zero-order chi connectivity index (χ0) is 16.9. The highest BCUT2D eigenvalue weighted by molar-refractivity contribution is 6.09. The Labute approximate surface area is 140 Å². The van der Waals surface area contributed by atoms with Gasteiger partial charge in [0.2, 0.25) is 0 Å². The van der Waals surface area contributed by atoms with E-state index < -0.39 is 0 Å². The third kappa shape index (κ3) is 2.41. The molecule has 1 aromatic heterocycles. The quantitative estimate of drug-likeness (QED) is 0.585. The Morgan fingerprint density at radius 2 is 2.08 bits per heavy atom. The molecule has 5 N–H and O–H groups in total. The summed E-state index contributed by atoms with van der Waals surface area (Å²) in [6, 6.07) is 9.36. The molecule has 2 aromatic carbocycles. The molecule has 5 heteroatoms. The van der Waals surface area contributed by atoms with Gasteiger partial charge in [-0.15, -0.1) is 0 Å². The van der Waals surface area contributed by atoms with Crippen molar-refractivity contribution in [1.82, 2.24) is 4.98 Å². The Kier molecular flexibility index (Phi) is 3.28. The maximum Gasteiger partial charge on any atom is 0.133 e. The number of halogens is 1. The van der Waals surface area contributed by atoms with Crippen molar-refractivity contribution in [2.24, 2.45) is 5.73 Å². The summed E-state index contributed by atoms with van der Waals surface area (Å²) in [5, 5.41) is 8.31. The molecular formula is C19H21FN4. The summed E-state index contributed by atoms with van der Waals surface area (Å²) in [4.78, 5) is 3.26. The first kappa shape index (κ1) is 15.0. The van der Waals surface area contributed by atoms with E-state index in [4.69, 9.17) is 5.73 Å². The molecule has 1 aliphatic rings. The van der Waals surface area contributed by atoms with Crippen LogP contribution in [0.25, 0.3) is 22.0 Å². The monoisotopic (exact) mass is 324 g/mol. The molecule has 0 unspecified atom stereocenters. The average molecular weight is 324 g/mol. The molecule has 0 fully saturated rings. The van der Waals surface area contributed by atoms with E-state index in [0.29, 0.717) is 18.5 Å². The molecule has 4 nitrogen and oxygen atoms in total. The number of nitrogens with one attached hydrogen (secondary N) is 3. The van der Waals surface area contributed by atoms with Crippen LogP contribution < -0.4 is 16.4 Å². The molecule has 0 aliphatic carbocycles. The first-order valence-electron chi connectivity index (χ1n) is 8.12. The van der Waals surface area contributed by atoms with E-state index in [1.807, 2.05) is 44.3 Å². The Morgan fingerprint density at radius 1 is 1.25 bits per heavy atom. The van der Waals surface area contributed by atoms with Crippen LogP contribution in [0.3, 0.4) is 0 Å². The molecular weight excluding hydrogens is 303 g/mol. The molecule has 24 heavy (non-hydrogen) atoms. The lowest BCUT2D eigenvalue weighted by molar-refractivity contribution is 0.549. The highest BCUT2D eigenvalue weighted by atomic mass is 19.1. The second-order valence-corrected chi connectivity index (χ2v) is 7.07. The van der Waals surface area contributed by atoms with E-state index in [-0.39, 0.29) is 11.4 Å². The number of nitrogens with two attached hydrogens (primary N) is 1. The smallest absolute Gasteiger partial charge is 0.133 e. The molecule has 124 valence electrons. The van der Waals surface area contributed by atoms with Gasteiger partial charge in [-0.05, 0) is 49.7 Å². The fourth-order valence-corrected chi connectivity index (χ4v) is 3.31. The molecule has 0 amide bonds. The van der Waals surface area contributed by atoms with E-state index in [1.54, 1.807) is 0 Å². The fourth-order valence-electron chi connectivity index (χ4n) is 3.31. The third-order valence-electron chi connectivity index (χ3n) is 4.42. The summed E-state index contributed by atoms with van der Waals surface area (Å²) in [6.45, 7) is 5.16. The number of benzene rings is 2. The minimum Gasteiger partial charge on any atom is -0.383 e. The number of H-pyrrole nitrogens is 1. The van der Waals surface area contributed by atoms with Crippen molar-refractivity contribution in [3.63, 3.8) is 0 Å². The molecule has 0 saturated heterocycles. The normalized spacial score (nSPS) is 13.3. The third-order valence-corrected chi connectivity index (χ3v) is 4.42. The van der Waals surface area contributed by atoms with E-state index in [2.05, 4.69) is 15.6 Å². The first-order valence-corrected chi connectivity index (χ1v) is 8.12. The van der Waals surface area contributed by atoms with Gasteiger partial charge < -0.3 is 21.4 Å². The number of aromatic amines is 1. The highest BCUT2D eigenvalue weighted by Crippen LogP contribution is 2.43. The van der Waals surface area contributed by atoms with Gasteiger partial charge in [-0.1, -0.05) is 0 Å². The summed E-state index contributed by atoms with van der Waals surface area (Å²) in [6.07, 6.45) is 1.90. The van der Waals surface area contributed by atoms with Gasteiger partial charge >= 0.3 is 0 Å². The lowest BCUT2D eigenvalue weighted by atomic mass is 9.95. The standard InChI is InChI=1S/C19H21FN4/c1-19(2,21)10-24-16-8-11(14-4-3-7-22-14)12-9-23-15-6-5-13(20)18(16)17(12)15/h3-8,22-24H,9-10,21H2,1-2H3. The molecule has 4 rings (SSSR count). The van der Waals surface area contributed by atoms with Gasteiger partial charge in [0.1, 0.15) is 5.82 Å². The SMILES string of the molecule is CC(C)(N)CNc1cc(-c2ccc[nH]2)c2c3c(ccc(F)c13)NC2. The van der Waals surface area contributed by atoms with Crippen LogP contribution in [0.4, 0.5) is 15.8 Å². The van der Waals surface area contributed by atoms with Gasteiger partial charge in [0, 0.05) is 58.2 Å². The molecule has 0 spiro atoms. The number of aromatic nitrogens is 1. The lowest BCUT2D eigenvalue weighted by Gasteiger charge is -2.22. The van der Waals surface area contributed by atoms with E-state index in [1.165, 1.54) is 6.07 Å². The molecule has 2 heterocycles. The van der Waals surface area contributed by atoms with Crippen LogP contribution in [0.1, 0.15) is 19.4 Å². The summed E-state index contributed by atoms with van der Waals surface area (Å²) < 4.78 is 14.6. The van der Waals surface area contributed by atoms with E-state index in [9.17, 15) is 4.39 Å². The van der Waals surface area contributed by atoms with Crippen LogP contribution in [0.15, 0.2) is 36.5 Å². The van der Waals surface area contributed by atoms with Gasteiger partial charge in [0.05, 0.1) is 0 Å². The molecule has 3 aromatic rings. The summed E-state index contributed by atoms with van der Waals surface area (Å²) >= 11 is 0. The fraction of sp³-hybridized carbons (Fsp3) is 0.263. The minimum atomic E-state index is -0.385. The van der Waals surface area contributed by atoms with Crippen LogP contribution in [-0.4, -0.2) is 17.1 Å². The van der Waals surface area contributed by atoms with Crippen molar-refractivity contribution >= 4 is 22.1 Å². The van der Waals surface area contributed by atoms with Crippen molar-refractivity contribution in [1.29, 1.82) is 0 Å². The Morgan fingerprint density at radius 3 is 2.79 bits per heavy atom. The van der Waals surface area contributed by atoms with Gasteiger partial charge in [-0.2, -0.15) is 0 Å². The van der Waals surface area contributed by atoms with Gasteiger partial charge in [0.25, 0.3) is 0 Å². The van der Waals surface area contributed by atoms with Crippen molar-refractivity contribution in [3.8, 4) is 11.3 Å². The Bertz CT molecular complexity index is 907. The van der Waals surface area contributed by atoms with Crippen molar-refractivity contribution < 1.29 is 4.39 Å². The minimum absolute atomic E-state index is 0.214. The summed E-state index contributed by atoms with van der Waals surface area (Å²) in [5.41, 5.74) is 10.7. The molecule has 0 radical (unpaired) electrons. The summed E-state index contributed by atoms with van der Waals surface area (Å²) in [5.74, 6) is -0.214. The van der Waals surface area contributed by atoms with Crippen molar-refractivity contribution in [2.45, 2.75) is 25.9 Å². The lowest BCUT2D eigenvalue weighted by Crippen LogP contribution is -2.39. The highest BCUT2D eigenvalue weighted by Gasteiger charge is 2.24. The first-order chi connectivity index (χ1) is 11.4. The number of hydrogen-bond acceptors (Lipinski definition) is 3. The maximum atomic E-state index is 14.6. The number of hydrogen-bond donors (Lipinski definition) is 4. The maximum absolute atomic E-state index is 14.6. The molecule has 0 bridgehead atoms. The zero-order valence-corrected chi connectivity index (χ0v) is 13.8. The predicted molar refractivity (Wildman–Crippen MR) is 97.8 cm³/mol. The average Bonchev–Trinajstić information content (AvgIpc) is 3.18. The largest absolute Gasteiger partial charge is 0.383 e.